The summed E-state index contributed by atoms with van der Waals surface area (Å²) in [5.74, 6) is 2.54. The van der Waals surface area contributed by atoms with Crippen LogP contribution >= 0.6 is 0 Å². The number of carbonyl (C=O) groups is 1. The Morgan fingerprint density at radius 3 is 2.78 bits per heavy atom. The highest BCUT2D eigenvalue weighted by Crippen LogP contribution is 2.10. The standard InChI is InChI=1S/C12H13N4OSi/c1-18(2,3)7-6-9-4-5-10(11(13)17)12-14-8-15-16(9)12/h4-5H,1-3H3,(H2,13,17). The van der Waals surface area contributed by atoms with Crippen LogP contribution in [0.4, 0.5) is 0 Å². The number of fused-ring (bicyclic) bond motifs is 1. The van der Waals surface area contributed by atoms with Gasteiger partial charge in [0.15, 0.2) is 5.65 Å². The molecule has 2 aromatic heterocycles. The van der Waals surface area contributed by atoms with Crippen LogP contribution in [0.5, 0.6) is 0 Å². The third-order valence-electron chi connectivity index (χ3n) is 2.21. The van der Waals surface area contributed by atoms with E-state index in [1.165, 1.54) is 4.52 Å². The minimum atomic E-state index is -1.47. The summed E-state index contributed by atoms with van der Waals surface area (Å²) in [5, 5.41) is 3.95. The molecule has 5 nitrogen and oxygen atoms in total. The predicted octanol–water partition coefficient (Wildman–Crippen LogP) is 0.857. The van der Waals surface area contributed by atoms with Crippen molar-refractivity contribution in [3.05, 3.63) is 29.7 Å². The lowest BCUT2D eigenvalue weighted by Gasteiger charge is -2.04. The molecule has 0 aliphatic heterocycles. The topological polar surface area (TPSA) is 73.3 Å². The van der Waals surface area contributed by atoms with Crippen molar-refractivity contribution >= 4 is 19.6 Å². The molecular formula is C12H13N4OSi. The van der Waals surface area contributed by atoms with E-state index in [1.54, 1.807) is 12.1 Å². The van der Waals surface area contributed by atoms with Crippen LogP contribution in [0, 0.1) is 17.8 Å². The number of hydrogen-bond donors (Lipinski definition) is 1. The molecule has 0 spiro atoms. The molecule has 2 heterocycles. The van der Waals surface area contributed by atoms with Gasteiger partial charge in [0.2, 0.25) is 6.33 Å². The Bertz CT molecular complexity index is 673. The number of hydrogen-bond acceptors (Lipinski definition) is 3. The quantitative estimate of drug-likeness (QED) is 0.608. The van der Waals surface area contributed by atoms with Gasteiger partial charge in [0.1, 0.15) is 13.8 Å². The Hall–Kier alpha value is -2.13. The fourth-order valence-electron chi connectivity index (χ4n) is 1.40. The Morgan fingerprint density at radius 2 is 2.17 bits per heavy atom. The van der Waals surface area contributed by atoms with Crippen molar-refractivity contribution in [3.8, 4) is 11.5 Å². The van der Waals surface area contributed by atoms with Crippen LogP contribution < -0.4 is 5.73 Å². The molecule has 6 heteroatoms. The van der Waals surface area contributed by atoms with Gasteiger partial charge in [-0.2, -0.15) is 0 Å². The fraction of sp³-hybridized carbons (Fsp3) is 0.250. The van der Waals surface area contributed by atoms with Crippen LogP contribution in [-0.2, 0) is 0 Å². The fourth-order valence-corrected chi connectivity index (χ4v) is 1.90. The highest BCUT2D eigenvalue weighted by atomic mass is 28.3. The minimum Gasteiger partial charge on any atom is -0.365 e. The molecule has 0 aromatic carbocycles. The van der Waals surface area contributed by atoms with Gasteiger partial charge < -0.3 is 5.73 Å². The molecule has 18 heavy (non-hydrogen) atoms. The third-order valence-corrected chi connectivity index (χ3v) is 3.08. The van der Waals surface area contributed by atoms with E-state index in [4.69, 9.17) is 5.73 Å². The van der Waals surface area contributed by atoms with Crippen molar-refractivity contribution in [1.82, 2.24) is 14.6 Å². The monoisotopic (exact) mass is 257 g/mol. The number of pyridine rings is 1. The smallest absolute Gasteiger partial charge is 0.252 e. The Kier molecular flexibility index (Phi) is 2.93. The zero-order valence-corrected chi connectivity index (χ0v) is 11.5. The molecule has 0 fully saturated rings. The van der Waals surface area contributed by atoms with Gasteiger partial charge in [0.05, 0.1) is 5.56 Å². The number of aromatic nitrogens is 3. The van der Waals surface area contributed by atoms with Gasteiger partial charge in [-0.05, 0) is 12.1 Å². The first kappa shape index (κ1) is 12.3. The van der Waals surface area contributed by atoms with E-state index in [0.717, 1.165) is 0 Å². The molecule has 1 amide bonds. The zero-order chi connectivity index (χ0) is 13.3. The molecule has 91 valence electrons. The van der Waals surface area contributed by atoms with Crippen molar-refractivity contribution in [3.63, 3.8) is 0 Å². The van der Waals surface area contributed by atoms with Crippen LogP contribution in [0.1, 0.15) is 16.1 Å². The lowest BCUT2D eigenvalue weighted by atomic mass is 10.2. The van der Waals surface area contributed by atoms with Crippen molar-refractivity contribution in [2.45, 2.75) is 19.6 Å². The van der Waals surface area contributed by atoms with E-state index in [-0.39, 0.29) is 0 Å². The van der Waals surface area contributed by atoms with Crippen molar-refractivity contribution in [2.24, 2.45) is 5.73 Å². The van der Waals surface area contributed by atoms with Crippen molar-refractivity contribution < 1.29 is 4.79 Å². The van der Waals surface area contributed by atoms with Crippen LogP contribution in [-0.4, -0.2) is 28.6 Å². The third kappa shape index (κ3) is 2.41. The van der Waals surface area contributed by atoms with Crippen LogP contribution in [0.25, 0.3) is 5.65 Å². The molecule has 0 aliphatic rings. The van der Waals surface area contributed by atoms with Gasteiger partial charge >= 0.3 is 0 Å². The lowest BCUT2D eigenvalue weighted by molar-refractivity contribution is 0.100. The lowest BCUT2D eigenvalue weighted by Crippen LogP contribution is -2.17. The summed E-state index contributed by atoms with van der Waals surface area (Å²) >= 11 is 0. The maximum Gasteiger partial charge on any atom is 0.252 e. The Balaban J connectivity index is 2.61. The highest BCUT2D eigenvalue weighted by Gasteiger charge is 2.12. The van der Waals surface area contributed by atoms with E-state index in [1.807, 2.05) is 0 Å². The summed E-state index contributed by atoms with van der Waals surface area (Å²) in [6.07, 6.45) is 2.47. The number of primary amides is 1. The molecule has 0 atom stereocenters. The minimum absolute atomic E-state index is 0.322. The second kappa shape index (κ2) is 4.27. The van der Waals surface area contributed by atoms with Gasteiger partial charge in [-0.15, -0.1) is 10.6 Å². The maximum atomic E-state index is 11.2. The van der Waals surface area contributed by atoms with Gasteiger partial charge in [-0.25, -0.2) is 9.50 Å². The molecule has 0 saturated carbocycles. The van der Waals surface area contributed by atoms with Crippen LogP contribution in [0.3, 0.4) is 0 Å². The molecule has 0 aliphatic carbocycles. The summed E-state index contributed by atoms with van der Waals surface area (Å²) in [7, 11) is -1.47. The van der Waals surface area contributed by atoms with E-state index in [9.17, 15) is 4.79 Å². The van der Waals surface area contributed by atoms with E-state index in [0.29, 0.717) is 16.9 Å². The summed E-state index contributed by atoms with van der Waals surface area (Å²) in [5.41, 5.74) is 9.91. The van der Waals surface area contributed by atoms with Crippen molar-refractivity contribution in [2.75, 3.05) is 0 Å². The summed E-state index contributed by atoms with van der Waals surface area (Å²) < 4.78 is 1.49. The largest absolute Gasteiger partial charge is 0.365 e. The second-order valence-corrected chi connectivity index (χ2v) is 9.69. The number of rotatable bonds is 1. The molecule has 0 saturated heterocycles. The second-order valence-electron chi connectivity index (χ2n) is 4.94. The maximum absolute atomic E-state index is 11.2. The summed E-state index contributed by atoms with van der Waals surface area (Å²) in [6, 6.07) is 3.34. The number of nitrogens with zero attached hydrogens (tertiary/aromatic N) is 3. The predicted molar refractivity (Wildman–Crippen MR) is 70.6 cm³/mol. The summed E-state index contributed by atoms with van der Waals surface area (Å²) in [4.78, 5) is 15.2. The molecule has 2 aromatic rings. The molecular weight excluding hydrogens is 244 g/mol. The molecule has 2 rings (SSSR count). The number of carbonyl (C=O) groups excluding carboxylic acids is 1. The first-order chi connectivity index (χ1) is 8.38. The van der Waals surface area contributed by atoms with Gasteiger partial charge in [0.25, 0.3) is 5.91 Å². The Morgan fingerprint density at radius 1 is 1.44 bits per heavy atom. The average molecular weight is 257 g/mol. The number of nitrogens with two attached hydrogens (primary N) is 1. The SMILES string of the molecule is C[Si](C)(C)C#Cc1ccc(C(N)=O)c2n[c]nn12. The zero-order valence-electron chi connectivity index (χ0n) is 10.5. The van der Waals surface area contributed by atoms with Gasteiger partial charge in [-0.3, -0.25) is 4.79 Å². The Labute approximate surface area is 106 Å². The van der Waals surface area contributed by atoms with Crippen LogP contribution in [0.2, 0.25) is 19.6 Å². The van der Waals surface area contributed by atoms with E-state index >= 15 is 0 Å². The van der Waals surface area contributed by atoms with Gasteiger partial charge in [-0.1, -0.05) is 25.6 Å². The highest BCUT2D eigenvalue weighted by molar-refractivity contribution is 6.83. The molecule has 0 unspecified atom stereocenters. The van der Waals surface area contributed by atoms with E-state index < -0.39 is 14.0 Å². The summed E-state index contributed by atoms with van der Waals surface area (Å²) in [6.45, 7) is 6.47. The first-order valence-electron chi connectivity index (χ1n) is 5.47. The molecule has 1 radical (unpaired) electrons. The van der Waals surface area contributed by atoms with Gasteiger partial charge in [0, 0.05) is 0 Å². The normalized spacial score (nSPS) is 11.1. The molecule has 2 N–H and O–H groups in total. The molecule has 0 bridgehead atoms. The van der Waals surface area contributed by atoms with Crippen LogP contribution in [0.15, 0.2) is 12.1 Å². The number of amides is 1. The average Bonchev–Trinajstić information content (AvgIpc) is 2.72. The van der Waals surface area contributed by atoms with Crippen molar-refractivity contribution in [1.29, 1.82) is 0 Å². The first-order valence-corrected chi connectivity index (χ1v) is 8.97. The van der Waals surface area contributed by atoms with E-state index in [2.05, 4.69) is 47.5 Å².